The molecule has 0 N–H and O–H groups in total. The molecule has 2 aliphatic heterocycles. The van der Waals surface area contributed by atoms with Crippen LogP contribution in [0.2, 0.25) is 0 Å². The van der Waals surface area contributed by atoms with E-state index in [2.05, 4.69) is 14.9 Å². The van der Waals surface area contributed by atoms with Crippen molar-refractivity contribution in [2.45, 2.75) is 45.1 Å². The van der Waals surface area contributed by atoms with Crippen LogP contribution in [0.3, 0.4) is 0 Å². The summed E-state index contributed by atoms with van der Waals surface area (Å²) >= 11 is 1.41. The monoisotopic (exact) mass is 481 g/mol. The van der Waals surface area contributed by atoms with E-state index >= 15 is 0 Å². The van der Waals surface area contributed by atoms with Crippen LogP contribution in [0, 0.1) is 5.92 Å². The fraction of sp³-hybridized carbons (Fsp3) is 0.462. The second kappa shape index (κ2) is 11.1. The molecule has 0 bridgehead atoms. The number of rotatable bonds is 7. The molecule has 0 amide bonds. The summed E-state index contributed by atoms with van der Waals surface area (Å²) < 4.78 is 11.3. The average molecular weight is 482 g/mol. The van der Waals surface area contributed by atoms with Crippen molar-refractivity contribution in [3.05, 3.63) is 63.7 Å². The Balaban J connectivity index is 1.67. The number of nitrogens with zero attached hydrogens (tertiary/aromatic N) is 3. The Bertz CT molecular complexity index is 1060. The van der Waals surface area contributed by atoms with Gasteiger partial charge >= 0.3 is 11.9 Å². The average Bonchev–Trinajstić information content (AvgIpc) is 3.38. The molecule has 180 valence electrons. The van der Waals surface area contributed by atoms with E-state index in [4.69, 9.17) is 9.47 Å². The molecule has 1 fully saturated rings. The number of hydrogen-bond donors (Lipinski definition) is 0. The lowest BCUT2D eigenvalue weighted by atomic mass is 9.80. The zero-order valence-corrected chi connectivity index (χ0v) is 20.7. The molecule has 3 heterocycles. The Morgan fingerprint density at radius 2 is 1.88 bits per heavy atom. The lowest BCUT2D eigenvalue weighted by molar-refractivity contribution is -0.147. The van der Waals surface area contributed by atoms with E-state index in [0.717, 1.165) is 31.5 Å². The summed E-state index contributed by atoms with van der Waals surface area (Å²) in [6.07, 6.45) is 4.80. The molecule has 8 heteroatoms. The number of carbonyl (C=O) groups is 2. The molecule has 2 aliphatic rings. The molecule has 34 heavy (non-hydrogen) atoms. The van der Waals surface area contributed by atoms with E-state index in [9.17, 15) is 9.59 Å². The smallest absolute Gasteiger partial charge is 0.337 e. The quantitative estimate of drug-likeness (QED) is 0.541. The van der Waals surface area contributed by atoms with Crippen molar-refractivity contribution in [1.82, 2.24) is 9.88 Å². The highest BCUT2D eigenvalue weighted by Gasteiger charge is 2.44. The number of likely N-dealkylation sites (tertiary alicyclic amines) is 1. The number of carbonyl (C=O) groups excluding carboxylic acids is 2. The van der Waals surface area contributed by atoms with Crippen LogP contribution in [0.15, 0.2) is 58.2 Å². The SMILES string of the molecule is COC(=O)C1C(C)=NC(C)=C(C(=O)OC(CN2CCCCC2)c2ccccc2)C1c1nccs1. The Hall–Kier alpha value is -2.84. The molecule has 2 aromatic rings. The number of aromatic nitrogens is 1. The van der Waals surface area contributed by atoms with Crippen molar-refractivity contribution in [1.29, 1.82) is 0 Å². The van der Waals surface area contributed by atoms with E-state index < -0.39 is 29.9 Å². The van der Waals surface area contributed by atoms with Gasteiger partial charge in [-0.05, 0) is 45.3 Å². The largest absolute Gasteiger partial charge is 0.468 e. The number of aliphatic imine (C=N–C) groups is 1. The van der Waals surface area contributed by atoms with Crippen LogP contribution in [0.4, 0.5) is 0 Å². The van der Waals surface area contributed by atoms with E-state index in [0.29, 0.717) is 28.5 Å². The van der Waals surface area contributed by atoms with Gasteiger partial charge in [0.1, 0.15) is 17.0 Å². The normalized spacial score (nSPS) is 22.1. The Labute approximate surface area is 204 Å². The van der Waals surface area contributed by atoms with Gasteiger partial charge in [-0.25, -0.2) is 9.78 Å². The standard InChI is InChI=1S/C26H31N3O4S/c1-17-21(25(30)32-3)23(24-27-12-15-34-24)22(18(2)28-17)26(31)33-20(19-10-6-4-7-11-19)16-29-13-8-5-9-14-29/h4,6-7,10-12,15,20-21,23H,5,8-9,13-14,16H2,1-3H3. The fourth-order valence-electron chi connectivity index (χ4n) is 4.84. The lowest BCUT2D eigenvalue weighted by Crippen LogP contribution is -2.38. The summed E-state index contributed by atoms with van der Waals surface area (Å²) in [5.41, 5.74) is 2.47. The summed E-state index contributed by atoms with van der Waals surface area (Å²) in [7, 11) is 1.35. The number of benzene rings is 1. The number of esters is 2. The topological polar surface area (TPSA) is 81.1 Å². The lowest BCUT2D eigenvalue weighted by Gasteiger charge is -2.33. The van der Waals surface area contributed by atoms with Gasteiger partial charge in [0.2, 0.25) is 0 Å². The number of thiazole rings is 1. The molecule has 1 saturated heterocycles. The molecule has 7 nitrogen and oxygen atoms in total. The van der Waals surface area contributed by atoms with Crippen molar-refractivity contribution in [2.24, 2.45) is 10.9 Å². The summed E-state index contributed by atoms with van der Waals surface area (Å²) in [4.78, 5) is 37.9. The molecular formula is C26H31N3O4S. The van der Waals surface area contributed by atoms with Crippen LogP contribution < -0.4 is 0 Å². The summed E-state index contributed by atoms with van der Waals surface area (Å²) in [6.45, 7) is 6.20. The van der Waals surface area contributed by atoms with Crippen LogP contribution >= 0.6 is 11.3 Å². The maximum Gasteiger partial charge on any atom is 0.337 e. The minimum Gasteiger partial charge on any atom is -0.468 e. The van der Waals surface area contributed by atoms with Crippen LogP contribution in [0.5, 0.6) is 0 Å². The van der Waals surface area contributed by atoms with Crippen LogP contribution in [0.1, 0.15) is 55.7 Å². The van der Waals surface area contributed by atoms with Gasteiger partial charge in [0.05, 0.1) is 18.6 Å². The summed E-state index contributed by atoms with van der Waals surface area (Å²) in [6, 6.07) is 9.84. The van der Waals surface area contributed by atoms with Crippen molar-refractivity contribution in [3.8, 4) is 0 Å². The minimum absolute atomic E-state index is 0.371. The van der Waals surface area contributed by atoms with Gasteiger partial charge in [-0.15, -0.1) is 11.3 Å². The molecule has 0 spiro atoms. The molecule has 1 aromatic carbocycles. The second-order valence-electron chi connectivity index (χ2n) is 8.77. The van der Waals surface area contributed by atoms with Crippen LogP contribution in [-0.2, 0) is 19.1 Å². The first-order chi connectivity index (χ1) is 16.5. The first-order valence-corrected chi connectivity index (χ1v) is 12.6. The number of methoxy groups -OCH3 is 1. The first-order valence-electron chi connectivity index (χ1n) is 11.7. The molecule has 0 aliphatic carbocycles. The number of ether oxygens (including phenoxy) is 2. The van der Waals surface area contributed by atoms with Crippen molar-refractivity contribution in [2.75, 3.05) is 26.7 Å². The van der Waals surface area contributed by atoms with Gasteiger partial charge in [-0.2, -0.15) is 0 Å². The zero-order chi connectivity index (χ0) is 24.1. The van der Waals surface area contributed by atoms with E-state index in [-0.39, 0.29) is 0 Å². The molecule has 0 saturated carbocycles. The van der Waals surface area contributed by atoms with Gasteiger partial charge in [0, 0.05) is 29.5 Å². The van der Waals surface area contributed by atoms with E-state index in [1.54, 1.807) is 20.0 Å². The number of piperidine rings is 1. The van der Waals surface area contributed by atoms with Gasteiger partial charge in [0.25, 0.3) is 0 Å². The van der Waals surface area contributed by atoms with Gasteiger partial charge in [-0.1, -0.05) is 36.8 Å². The molecule has 0 radical (unpaired) electrons. The first kappa shape index (κ1) is 24.3. The summed E-state index contributed by atoms with van der Waals surface area (Å²) in [5.74, 6) is -2.22. The van der Waals surface area contributed by atoms with E-state index in [1.165, 1.54) is 24.9 Å². The van der Waals surface area contributed by atoms with Gasteiger partial charge in [-0.3, -0.25) is 14.7 Å². The number of allylic oxidation sites excluding steroid dienone is 1. The Morgan fingerprint density at radius 3 is 2.53 bits per heavy atom. The zero-order valence-electron chi connectivity index (χ0n) is 19.9. The van der Waals surface area contributed by atoms with Crippen molar-refractivity contribution >= 4 is 29.0 Å². The third-order valence-electron chi connectivity index (χ3n) is 6.51. The molecule has 4 rings (SSSR count). The van der Waals surface area contributed by atoms with Crippen molar-refractivity contribution < 1.29 is 19.1 Å². The van der Waals surface area contributed by atoms with E-state index in [1.807, 2.05) is 35.7 Å². The second-order valence-corrected chi connectivity index (χ2v) is 9.69. The van der Waals surface area contributed by atoms with Gasteiger partial charge in [0.15, 0.2) is 0 Å². The predicted molar refractivity (Wildman–Crippen MR) is 132 cm³/mol. The number of hydrogen-bond acceptors (Lipinski definition) is 8. The maximum absolute atomic E-state index is 13.8. The minimum atomic E-state index is -0.723. The highest BCUT2D eigenvalue weighted by atomic mass is 32.1. The highest BCUT2D eigenvalue weighted by molar-refractivity contribution is 7.09. The molecule has 3 unspecified atom stereocenters. The third kappa shape index (κ3) is 5.28. The van der Waals surface area contributed by atoms with Crippen LogP contribution in [-0.4, -0.2) is 54.3 Å². The molecule has 3 atom stereocenters. The van der Waals surface area contributed by atoms with Gasteiger partial charge < -0.3 is 9.47 Å². The fourth-order valence-corrected chi connectivity index (χ4v) is 5.62. The summed E-state index contributed by atoms with van der Waals surface area (Å²) in [5, 5.41) is 2.51. The molecule has 1 aromatic heterocycles. The highest BCUT2D eigenvalue weighted by Crippen LogP contribution is 2.41. The third-order valence-corrected chi connectivity index (χ3v) is 7.37. The van der Waals surface area contributed by atoms with Crippen molar-refractivity contribution in [3.63, 3.8) is 0 Å². The maximum atomic E-state index is 13.8. The Kier molecular flexibility index (Phi) is 7.90. The van der Waals surface area contributed by atoms with Crippen LogP contribution in [0.25, 0.3) is 0 Å². The predicted octanol–water partition coefficient (Wildman–Crippen LogP) is 4.53. The Morgan fingerprint density at radius 1 is 1.15 bits per heavy atom. The molecular weight excluding hydrogens is 450 g/mol.